The second-order valence-corrected chi connectivity index (χ2v) is 4.16. The number of nitriles is 1. The molecule has 3 aromatic rings. The van der Waals surface area contributed by atoms with E-state index in [-0.39, 0.29) is 0 Å². The Hall–Kier alpha value is -3.94. The maximum Gasteiger partial charge on any atom is 0.162 e. The zero-order valence-electron chi connectivity index (χ0n) is 12.9. The monoisotopic (exact) mass is 310 g/mol. The van der Waals surface area contributed by atoms with Crippen LogP contribution >= 0.6 is 0 Å². The molecule has 114 valence electrons. The molecule has 0 amide bonds. The first kappa shape index (κ1) is 18.1. The molecular weight excluding hydrogens is 296 g/mol. The molecule has 2 aromatic carbocycles. The van der Waals surface area contributed by atoms with Gasteiger partial charge in [0.2, 0.25) is 0 Å². The number of nitrogens with zero attached hydrogens (tertiary/aromatic N) is 4. The summed E-state index contributed by atoms with van der Waals surface area (Å²) in [5.41, 5.74) is 2.37. The van der Waals surface area contributed by atoms with Crippen molar-refractivity contribution in [3.63, 3.8) is 0 Å². The van der Waals surface area contributed by atoms with E-state index in [2.05, 4.69) is 33.7 Å². The minimum absolute atomic E-state index is 0.607. The smallest absolute Gasteiger partial charge is 0.162 e. The van der Waals surface area contributed by atoms with E-state index in [1.165, 1.54) is 12.7 Å². The Morgan fingerprint density at radius 3 is 2.04 bits per heavy atom. The number of hydrogen-bond acceptors (Lipinski definition) is 4. The summed E-state index contributed by atoms with van der Waals surface area (Å²) in [5.74, 6) is 3.16. The van der Waals surface area contributed by atoms with Crippen LogP contribution in [0.5, 0.6) is 0 Å². The fraction of sp³-hybridized carbons (Fsp3) is 0. The van der Waals surface area contributed by atoms with Gasteiger partial charge in [-0.1, -0.05) is 42.3 Å². The van der Waals surface area contributed by atoms with E-state index >= 15 is 0 Å². The lowest BCUT2D eigenvalue weighted by atomic mass is 10.1. The van der Waals surface area contributed by atoms with Gasteiger partial charge in [0.15, 0.2) is 5.82 Å². The van der Waals surface area contributed by atoms with Gasteiger partial charge in [-0.2, -0.15) is 5.26 Å². The van der Waals surface area contributed by atoms with Gasteiger partial charge in [-0.15, -0.1) is 19.3 Å². The Labute approximate surface area is 141 Å². The summed E-state index contributed by atoms with van der Waals surface area (Å²) >= 11 is 0. The Bertz CT molecular complexity index is 775. The van der Waals surface area contributed by atoms with Gasteiger partial charge in [0, 0.05) is 11.1 Å². The molecular formula is C20H14N4. The third-order valence-corrected chi connectivity index (χ3v) is 2.68. The first-order chi connectivity index (χ1) is 11.8. The molecule has 0 bridgehead atoms. The predicted molar refractivity (Wildman–Crippen MR) is 94.2 cm³/mol. The van der Waals surface area contributed by atoms with Gasteiger partial charge in [-0.3, -0.25) is 0 Å². The molecule has 4 heteroatoms. The van der Waals surface area contributed by atoms with Crippen molar-refractivity contribution in [3.8, 4) is 42.6 Å². The van der Waals surface area contributed by atoms with E-state index in [1.807, 2.05) is 36.4 Å². The number of rotatable bonds is 1. The van der Waals surface area contributed by atoms with Crippen molar-refractivity contribution >= 4 is 0 Å². The highest BCUT2D eigenvalue weighted by Crippen LogP contribution is 2.10. The lowest BCUT2D eigenvalue weighted by Crippen LogP contribution is -1.87. The summed E-state index contributed by atoms with van der Waals surface area (Å²) in [6.07, 6.45) is 16.1. The molecule has 0 spiro atoms. The molecule has 0 saturated heterocycles. The van der Waals surface area contributed by atoms with Crippen LogP contribution < -0.4 is 0 Å². The van der Waals surface area contributed by atoms with E-state index < -0.39 is 0 Å². The van der Waals surface area contributed by atoms with Crippen molar-refractivity contribution < 1.29 is 0 Å². The number of terminal acetylenes is 2. The first-order valence-corrected chi connectivity index (χ1v) is 6.81. The van der Waals surface area contributed by atoms with Crippen LogP contribution in [0, 0.1) is 36.5 Å². The van der Waals surface area contributed by atoms with Crippen LogP contribution in [0.3, 0.4) is 0 Å². The molecule has 1 aromatic heterocycles. The second kappa shape index (κ2) is 10.7. The van der Waals surface area contributed by atoms with Crippen LogP contribution in [-0.4, -0.2) is 15.0 Å². The summed E-state index contributed by atoms with van der Waals surface area (Å²) in [6.45, 7) is 0. The predicted octanol–water partition coefficient (Wildman–Crippen LogP) is 3.33. The highest BCUT2D eigenvalue weighted by molar-refractivity contribution is 5.53. The lowest BCUT2D eigenvalue weighted by Gasteiger charge is -1.95. The molecule has 4 nitrogen and oxygen atoms in total. The molecule has 0 unspecified atom stereocenters. The van der Waals surface area contributed by atoms with Gasteiger partial charge in [0.25, 0.3) is 0 Å². The minimum Gasteiger partial charge on any atom is -0.225 e. The van der Waals surface area contributed by atoms with Crippen LogP contribution in [0.25, 0.3) is 11.4 Å². The Balaban J connectivity index is 0.000000221. The Morgan fingerprint density at radius 2 is 1.46 bits per heavy atom. The first-order valence-electron chi connectivity index (χ1n) is 6.81. The summed E-state index contributed by atoms with van der Waals surface area (Å²) in [4.78, 5) is 11.8. The fourth-order valence-corrected chi connectivity index (χ4v) is 1.65. The molecule has 0 aliphatic heterocycles. The maximum atomic E-state index is 8.44. The van der Waals surface area contributed by atoms with Crippen LogP contribution in [0.1, 0.15) is 11.1 Å². The lowest BCUT2D eigenvalue weighted by molar-refractivity contribution is 1.06. The van der Waals surface area contributed by atoms with E-state index in [4.69, 9.17) is 11.7 Å². The molecule has 0 aliphatic carbocycles. The second-order valence-electron chi connectivity index (χ2n) is 4.16. The SMILES string of the molecule is C#C.C#Cc1cccc(C#N)c1.c1ccc(-c2ncncn2)cc1. The third-order valence-electron chi connectivity index (χ3n) is 2.68. The van der Waals surface area contributed by atoms with Crippen LogP contribution in [0.4, 0.5) is 0 Å². The highest BCUT2D eigenvalue weighted by atomic mass is 15.0. The molecule has 0 saturated carbocycles. The van der Waals surface area contributed by atoms with Crippen LogP contribution in [-0.2, 0) is 0 Å². The van der Waals surface area contributed by atoms with E-state index in [0.717, 1.165) is 11.1 Å². The largest absolute Gasteiger partial charge is 0.225 e. The Morgan fingerprint density at radius 1 is 0.833 bits per heavy atom. The van der Waals surface area contributed by atoms with Crippen molar-refractivity contribution in [2.24, 2.45) is 0 Å². The average Bonchev–Trinajstić information content (AvgIpc) is 2.71. The summed E-state index contributed by atoms with van der Waals surface area (Å²) in [5, 5.41) is 8.44. The van der Waals surface area contributed by atoms with Crippen LogP contribution in [0.15, 0.2) is 67.3 Å². The zero-order valence-corrected chi connectivity index (χ0v) is 12.9. The molecule has 0 N–H and O–H groups in total. The van der Waals surface area contributed by atoms with Gasteiger partial charge in [-0.25, -0.2) is 15.0 Å². The number of hydrogen-bond donors (Lipinski definition) is 0. The fourth-order valence-electron chi connectivity index (χ4n) is 1.65. The van der Waals surface area contributed by atoms with Crippen LogP contribution in [0.2, 0.25) is 0 Å². The zero-order chi connectivity index (χ0) is 17.6. The van der Waals surface area contributed by atoms with Crippen molar-refractivity contribution in [1.29, 1.82) is 5.26 Å². The molecule has 0 radical (unpaired) electrons. The molecule has 0 atom stereocenters. The Kier molecular flexibility index (Phi) is 8.10. The van der Waals surface area contributed by atoms with Crippen molar-refractivity contribution in [3.05, 3.63) is 78.4 Å². The van der Waals surface area contributed by atoms with Crippen molar-refractivity contribution in [2.75, 3.05) is 0 Å². The molecule has 3 rings (SSSR count). The van der Waals surface area contributed by atoms with Gasteiger partial charge < -0.3 is 0 Å². The average molecular weight is 310 g/mol. The molecule has 0 fully saturated rings. The summed E-state index contributed by atoms with van der Waals surface area (Å²) in [7, 11) is 0. The standard InChI is InChI=1S/C9H7N3.C9H5N.C2H2/c1-2-4-8(5-3-1)9-11-6-10-7-12-9;1-2-8-4-3-5-9(6-8)7-10;1-2/h1-7H;1,3-6H;1-2H. The topological polar surface area (TPSA) is 62.5 Å². The van der Waals surface area contributed by atoms with E-state index in [0.29, 0.717) is 11.4 Å². The minimum atomic E-state index is 0.607. The molecule has 0 aliphatic rings. The quantitative estimate of drug-likeness (QED) is 0.647. The molecule has 24 heavy (non-hydrogen) atoms. The van der Waals surface area contributed by atoms with Crippen molar-refractivity contribution in [1.82, 2.24) is 15.0 Å². The summed E-state index contributed by atoms with van der Waals surface area (Å²) < 4.78 is 0. The number of aromatic nitrogens is 3. The van der Waals surface area contributed by atoms with E-state index in [9.17, 15) is 0 Å². The molecule has 1 heterocycles. The maximum absolute atomic E-state index is 8.44. The van der Waals surface area contributed by atoms with Gasteiger partial charge >= 0.3 is 0 Å². The van der Waals surface area contributed by atoms with Crippen molar-refractivity contribution in [2.45, 2.75) is 0 Å². The van der Waals surface area contributed by atoms with Gasteiger partial charge in [-0.05, 0) is 18.2 Å². The number of benzene rings is 2. The van der Waals surface area contributed by atoms with Gasteiger partial charge in [0.1, 0.15) is 12.7 Å². The van der Waals surface area contributed by atoms with Gasteiger partial charge in [0.05, 0.1) is 11.6 Å². The third kappa shape index (κ3) is 5.82. The summed E-state index contributed by atoms with van der Waals surface area (Å²) in [6, 6.07) is 18.8. The normalized spacial score (nSPS) is 8.17. The highest BCUT2D eigenvalue weighted by Gasteiger charge is 1.96. The van der Waals surface area contributed by atoms with E-state index in [1.54, 1.807) is 24.3 Å².